The summed E-state index contributed by atoms with van der Waals surface area (Å²) in [4.78, 5) is 12.2. The first-order chi connectivity index (χ1) is 9.66. The van der Waals surface area contributed by atoms with Gasteiger partial charge in [-0.25, -0.2) is 4.79 Å². The number of aromatic carboxylic acids is 1. The molecule has 0 aromatic heterocycles. The quantitative estimate of drug-likeness (QED) is 0.621. The Labute approximate surface area is 130 Å². The van der Waals surface area contributed by atoms with Gasteiger partial charge in [-0.1, -0.05) is 18.2 Å². The molecule has 0 aliphatic heterocycles. The maximum Gasteiger partial charge on any atom is 0.336 e. The lowest BCUT2D eigenvalue weighted by atomic mass is 10.2. The van der Waals surface area contributed by atoms with Crippen molar-refractivity contribution in [2.45, 2.75) is 4.90 Å². The highest BCUT2D eigenvalue weighted by Crippen LogP contribution is 2.23. The Bertz CT molecular complexity index is 587. The molecule has 104 valence electrons. The lowest BCUT2D eigenvalue weighted by molar-refractivity contribution is 0.0695. The van der Waals surface area contributed by atoms with Crippen molar-refractivity contribution >= 4 is 33.7 Å². The maximum atomic E-state index is 11.0. The second kappa shape index (κ2) is 7.36. The SMILES string of the molecule is O=C(O)c1cc(OCCSc2ccccc2)ccc1Br. The van der Waals surface area contributed by atoms with Gasteiger partial charge in [-0.3, -0.25) is 0 Å². The van der Waals surface area contributed by atoms with Gasteiger partial charge in [-0.2, -0.15) is 0 Å². The highest BCUT2D eigenvalue weighted by molar-refractivity contribution is 9.10. The van der Waals surface area contributed by atoms with Crippen LogP contribution in [0, 0.1) is 0 Å². The van der Waals surface area contributed by atoms with E-state index in [9.17, 15) is 4.79 Å². The number of hydrogen-bond acceptors (Lipinski definition) is 3. The second-order valence-corrected chi connectivity index (χ2v) is 5.98. The Kier molecular flexibility index (Phi) is 5.49. The molecule has 1 N–H and O–H groups in total. The lowest BCUT2D eigenvalue weighted by Crippen LogP contribution is -2.03. The van der Waals surface area contributed by atoms with Gasteiger partial charge in [0.15, 0.2) is 0 Å². The molecule has 2 aromatic carbocycles. The van der Waals surface area contributed by atoms with Gasteiger partial charge in [-0.05, 0) is 46.3 Å². The normalized spacial score (nSPS) is 10.2. The molecule has 0 spiro atoms. The number of carbonyl (C=O) groups is 1. The third-order valence-corrected chi connectivity index (χ3v) is 4.20. The lowest BCUT2D eigenvalue weighted by Gasteiger charge is -2.08. The van der Waals surface area contributed by atoms with Crippen LogP contribution in [0.25, 0.3) is 0 Å². The fraction of sp³-hybridized carbons (Fsp3) is 0.133. The highest BCUT2D eigenvalue weighted by atomic mass is 79.9. The van der Waals surface area contributed by atoms with Crippen LogP contribution in [0.4, 0.5) is 0 Å². The molecule has 0 aliphatic rings. The molecule has 0 unspecified atom stereocenters. The van der Waals surface area contributed by atoms with Crippen LogP contribution >= 0.6 is 27.7 Å². The zero-order valence-corrected chi connectivity index (χ0v) is 13.0. The van der Waals surface area contributed by atoms with Gasteiger partial charge in [0.2, 0.25) is 0 Å². The first kappa shape index (κ1) is 14.9. The molecule has 0 saturated heterocycles. The van der Waals surface area contributed by atoms with E-state index in [0.717, 1.165) is 5.75 Å². The predicted molar refractivity (Wildman–Crippen MR) is 83.8 cm³/mol. The average Bonchev–Trinajstić information content (AvgIpc) is 2.46. The Hall–Kier alpha value is -1.46. The molecule has 0 bridgehead atoms. The van der Waals surface area contributed by atoms with Gasteiger partial charge < -0.3 is 9.84 Å². The van der Waals surface area contributed by atoms with Gasteiger partial charge in [0, 0.05) is 15.1 Å². The predicted octanol–water partition coefficient (Wildman–Crippen LogP) is 4.32. The van der Waals surface area contributed by atoms with E-state index in [1.807, 2.05) is 30.3 Å². The molecular formula is C15H13BrO3S. The van der Waals surface area contributed by atoms with Crippen molar-refractivity contribution in [2.75, 3.05) is 12.4 Å². The minimum Gasteiger partial charge on any atom is -0.493 e. The first-order valence-corrected chi connectivity index (χ1v) is 7.78. The van der Waals surface area contributed by atoms with Crippen molar-refractivity contribution in [3.8, 4) is 5.75 Å². The number of halogens is 1. The van der Waals surface area contributed by atoms with E-state index in [4.69, 9.17) is 9.84 Å². The Morgan fingerprint density at radius 2 is 1.95 bits per heavy atom. The molecule has 0 heterocycles. The van der Waals surface area contributed by atoms with Crippen LogP contribution < -0.4 is 4.74 Å². The van der Waals surface area contributed by atoms with Gasteiger partial charge in [0.05, 0.1) is 12.2 Å². The first-order valence-electron chi connectivity index (χ1n) is 6.00. The van der Waals surface area contributed by atoms with Crippen LogP contribution in [0.1, 0.15) is 10.4 Å². The van der Waals surface area contributed by atoms with E-state index in [2.05, 4.69) is 15.9 Å². The Morgan fingerprint density at radius 3 is 2.65 bits per heavy atom. The van der Waals surface area contributed by atoms with Crippen LogP contribution in [0.3, 0.4) is 0 Å². The number of carboxylic acid groups (broad SMARTS) is 1. The van der Waals surface area contributed by atoms with Crippen LogP contribution in [0.5, 0.6) is 5.75 Å². The van der Waals surface area contributed by atoms with Crippen molar-refractivity contribution in [3.63, 3.8) is 0 Å². The number of thioether (sulfide) groups is 1. The summed E-state index contributed by atoms with van der Waals surface area (Å²) in [6.07, 6.45) is 0. The molecule has 20 heavy (non-hydrogen) atoms. The summed E-state index contributed by atoms with van der Waals surface area (Å²) >= 11 is 4.91. The van der Waals surface area contributed by atoms with E-state index in [0.29, 0.717) is 16.8 Å². The van der Waals surface area contributed by atoms with E-state index < -0.39 is 5.97 Å². The fourth-order valence-electron chi connectivity index (χ4n) is 1.59. The number of hydrogen-bond donors (Lipinski definition) is 1. The third-order valence-electron chi connectivity index (χ3n) is 2.53. The molecule has 2 aromatic rings. The molecule has 3 nitrogen and oxygen atoms in total. The summed E-state index contributed by atoms with van der Waals surface area (Å²) in [6, 6.07) is 15.0. The Balaban J connectivity index is 1.85. The van der Waals surface area contributed by atoms with Crippen molar-refractivity contribution < 1.29 is 14.6 Å². The third kappa shape index (κ3) is 4.28. The van der Waals surface area contributed by atoms with Crippen molar-refractivity contribution in [3.05, 3.63) is 58.6 Å². The molecule has 0 radical (unpaired) electrons. The average molecular weight is 353 g/mol. The minimum absolute atomic E-state index is 0.207. The minimum atomic E-state index is -0.971. The van der Waals surface area contributed by atoms with E-state index in [1.54, 1.807) is 23.9 Å². The van der Waals surface area contributed by atoms with E-state index >= 15 is 0 Å². The van der Waals surface area contributed by atoms with Gasteiger partial charge in [0.1, 0.15) is 5.75 Å². The topological polar surface area (TPSA) is 46.5 Å². The van der Waals surface area contributed by atoms with Crippen LogP contribution in [0.15, 0.2) is 57.9 Å². The van der Waals surface area contributed by atoms with E-state index in [1.165, 1.54) is 11.0 Å². The smallest absolute Gasteiger partial charge is 0.336 e. The second-order valence-electron chi connectivity index (χ2n) is 3.96. The molecule has 0 fully saturated rings. The standard InChI is InChI=1S/C15H13BrO3S/c16-14-7-6-11(10-13(14)15(17)18)19-8-9-20-12-4-2-1-3-5-12/h1-7,10H,8-9H2,(H,17,18). The highest BCUT2D eigenvalue weighted by Gasteiger charge is 2.09. The van der Waals surface area contributed by atoms with Gasteiger partial charge in [0.25, 0.3) is 0 Å². The summed E-state index contributed by atoms with van der Waals surface area (Å²) in [5.41, 5.74) is 0.207. The van der Waals surface area contributed by atoms with Crippen LogP contribution in [-0.4, -0.2) is 23.4 Å². The zero-order chi connectivity index (χ0) is 14.4. The summed E-state index contributed by atoms with van der Waals surface area (Å²) in [6.45, 7) is 0.528. The largest absolute Gasteiger partial charge is 0.493 e. The molecule has 2 rings (SSSR count). The number of rotatable bonds is 6. The summed E-state index contributed by atoms with van der Waals surface area (Å²) < 4.78 is 6.12. The molecule has 5 heteroatoms. The molecule has 0 saturated carbocycles. The van der Waals surface area contributed by atoms with Crippen molar-refractivity contribution in [1.82, 2.24) is 0 Å². The fourth-order valence-corrected chi connectivity index (χ4v) is 2.76. The summed E-state index contributed by atoms with van der Waals surface area (Å²) in [5, 5.41) is 9.02. The van der Waals surface area contributed by atoms with Crippen molar-refractivity contribution in [2.24, 2.45) is 0 Å². The molecule has 0 atom stereocenters. The van der Waals surface area contributed by atoms with Gasteiger partial charge in [-0.15, -0.1) is 11.8 Å². The van der Waals surface area contributed by atoms with E-state index in [-0.39, 0.29) is 5.56 Å². The molecule has 0 amide bonds. The Morgan fingerprint density at radius 1 is 1.20 bits per heavy atom. The van der Waals surface area contributed by atoms with Gasteiger partial charge >= 0.3 is 5.97 Å². The number of benzene rings is 2. The summed E-state index contributed by atoms with van der Waals surface area (Å²) in [7, 11) is 0. The maximum absolute atomic E-state index is 11.0. The van der Waals surface area contributed by atoms with Crippen molar-refractivity contribution in [1.29, 1.82) is 0 Å². The summed E-state index contributed by atoms with van der Waals surface area (Å²) in [5.74, 6) is 0.405. The molecule has 0 aliphatic carbocycles. The van der Waals surface area contributed by atoms with Crippen LogP contribution in [0.2, 0.25) is 0 Å². The monoisotopic (exact) mass is 352 g/mol. The number of carboxylic acids is 1. The zero-order valence-electron chi connectivity index (χ0n) is 10.6. The van der Waals surface area contributed by atoms with Crippen LogP contribution in [-0.2, 0) is 0 Å². The number of ether oxygens (including phenoxy) is 1. The molecular weight excluding hydrogens is 340 g/mol.